The van der Waals surface area contributed by atoms with Crippen molar-refractivity contribution < 1.29 is 14.6 Å². The fraction of sp³-hybridized carbons (Fsp3) is 0.727. The van der Waals surface area contributed by atoms with Crippen LogP contribution in [0.5, 0.6) is 0 Å². The van der Waals surface area contributed by atoms with Crippen molar-refractivity contribution in [3.63, 3.8) is 0 Å². The summed E-state index contributed by atoms with van der Waals surface area (Å²) in [4.78, 5) is 13.7. The van der Waals surface area contributed by atoms with Crippen LogP contribution in [0, 0.1) is 0 Å². The Balaban J connectivity index is 2.33. The maximum absolute atomic E-state index is 11.6. The standard InChI is InChI=1S/C11H17NO3/c1-12-7-4-3-5-8(12)10(9(13)6-7)11(14)15-2/h7-8,13H,3-6H2,1-2H3/t7-,8+/m1/s1. The number of esters is 1. The topological polar surface area (TPSA) is 49.8 Å². The number of piperidine rings is 1. The summed E-state index contributed by atoms with van der Waals surface area (Å²) in [6.07, 6.45) is 3.73. The molecule has 0 spiro atoms. The van der Waals surface area contributed by atoms with Gasteiger partial charge in [0.15, 0.2) is 0 Å². The van der Waals surface area contributed by atoms with E-state index in [9.17, 15) is 9.90 Å². The maximum atomic E-state index is 11.6. The minimum atomic E-state index is -0.385. The number of fused-ring (bicyclic) bond motifs is 2. The number of aliphatic hydroxyl groups excluding tert-OH is 1. The highest BCUT2D eigenvalue weighted by Gasteiger charge is 2.39. The Hall–Kier alpha value is -1.03. The third kappa shape index (κ3) is 1.63. The van der Waals surface area contributed by atoms with Crippen molar-refractivity contribution in [1.82, 2.24) is 4.90 Å². The normalized spacial score (nSPS) is 31.6. The van der Waals surface area contributed by atoms with E-state index in [1.807, 2.05) is 7.05 Å². The van der Waals surface area contributed by atoms with Crippen molar-refractivity contribution in [2.75, 3.05) is 14.2 Å². The Morgan fingerprint density at radius 3 is 2.93 bits per heavy atom. The Kier molecular flexibility index (Phi) is 2.69. The number of hydrogen-bond acceptors (Lipinski definition) is 4. The van der Waals surface area contributed by atoms with Crippen LogP contribution in [0.2, 0.25) is 0 Å². The van der Waals surface area contributed by atoms with E-state index in [1.54, 1.807) is 0 Å². The second-order valence-electron chi connectivity index (χ2n) is 4.32. The van der Waals surface area contributed by atoms with Crippen molar-refractivity contribution in [2.24, 2.45) is 0 Å². The monoisotopic (exact) mass is 211 g/mol. The number of hydrogen-bond donors (Lipinski definition) is 1. The molecule has 0 amide bonds. The van der Waals surface area contributed by atoms with E-state index in [4.69, 9.17) is 4.74 Å². The van der Waals surface area contributed by atoms with Gasteiger partial charge in [0.1, 0.15) is 5.76 Å². The lowest BCUT2D eigenvalue weighted by molar-refractivity contribution is -0.137. The number of nitrogens with zero attached hydrogens (tertiary/aromatic N) is 1. The number of ether oxygens (including phenoxy) is 1. The van der Waals surface area contributed by atoms with Crippen molar-refractivity contribution in [2.45, 2.75) is 37.8 Å². The number of methoxy groups -OCH3 is 1. The second kappa shape index (κ2) is 3.85. The minimum Gasteiger partial charge on any atom is -0.512 e. The molecule has 2 aliphatic rings. The van der Waals surface area contributed by atoms with Crippen molar-refractivity contribution >= 4 is 5.97 Å². The van der Waals surface area contributed by atoms with Crippen LogP contribution in [0.3, 0.4) is 0 Å². The largest absolute Gasteiger partial charge is 0.512 e. The van der Waals surface area contributed by atoms with Gasteiger partial charge in [-0.2, -0.15) is 0 Å². The van der Waals surface area contributed by atoms with Crippen LogP contribution in [-0.2, 0) is 9.53 Å². The number of rotatable bonds is 1. The van der Waals surface area contributed by atoms with Gasteiger partial charge in [0.25, 0.3) is 0 Å². The van der Waals surface area contributed by atoms with Crippen molar-refractivity contribution in [3.8, 4) is 0 Å². The Morgan fingerprint density at radius 2 is 2.27 bits per heavy atom. The zero-order valence-corrected chi connectivity index (χ0v) is 9.19. The first kappa shape index (κ1) is 10.5. The summed E-state index contributed by atoms with van der Waals surface area (Å²) < 4.78 is 4.72. The van der Waals surface area contributed by atoms with Gasteiger partial charge >= 0.3 is 5.97 Å². The fourth-order valence-corrected chi connectivity index (χ4v) is 2.69. The summed E-state index contributed by atoms with van der Waals surface area (Å²) in [6.45, 7) is 0. The minimum absolute atomic E-state index is 0.0462. The van der Waals surface area contributed by atoms with E-state index in [-0.39, 0.29) is 17.8 Å². The molecule has 4 heteroatoms. The van der Waals surface area contributed by atoms with Gasteiger partial charge in [-0.1, -0.05) is 0 Å². The first-order valence-corrected chi connectivity index (χ1v) is 5.37. The van der Waals surface area contributed by atoms with Gasteiger partial charge in [-0.05, 0) is 26.3 Å². The number of carbonyl (C=O) groups is 1. The molecule has 0 unspecified atom stereocenters. The molecule has 84 valence electrons. The Labute approximate surface area is 89.5 Å². The van der Waals surface area contributed by atoms with Crippen molar-refractivity contribution in [3.05, 3.63) is 11.3 Å². The molecule has 1 saturated heterocycles. The zero-order chi connectivity index (χ0) is 11.0. The number of aliphatic hydroxyl groups is 1. The lowest BCUT2D eigenvalue weighted by Gasteiger charge is -2.43. The van der Waals surface area contributed by atoms with E-state index in [1.165, 1.54) is 7.11 Å². The molecule has 0 aliphatic carbocycles. The molecule has 2 heterocycles. The summed E-state index contributed by atoms with van der Waals surface area (Å²) >= 11 is 0. The van der Waals surface area contributed by atoms with E-state index in [2.05, 4.69) is 4.90 Å². The highest BCUT2D eigenvalue weighted by Crippen LogP contribution is 2.35. The first-order chi connectivity index (χ1) is 7.15. The molecule has 4 nitrogen and oxygen atoms in total. The summed E-state index contributed by atoms with van der Waals surface area (Å²) in [5.41, 5.74) is 0.468. The molecule has 0 aromatic heterocycles. The molecule has 1 N–H and O–H groups in total. The van der Waals surface area contributed by atoms with Crippen LogP contribution in [-0.4, -0.2) is 42.2 Å². The average Bonchev–Trinajstić information content (AvgIpc) is 2.20. The van der Waals surface area contributed by atoms with Gasteiger partial charge in [-0.25, -0.2) is 4.79 Å². The molecule has 0 aromatic rings. The van der Waals surface area contributed by atoms with Crippen LogP contribution in [0.15, 0.2) is 11.3 Å². The van der Waals surface area contributed by atoms with Gasteiger partial charge in [0.05, 0.1) is 12.7 Å². The quantitative estimate of drug-likeness (QED) is 0.663. The molecular weight excluding hydrogens is 194 g/mol. The molecule has 2 atom stereocenters. The zero-order valence-electron chi connectivity index (χ0n) is 9.19. The van der Waals surface area contributed by atoms with Crippen LogP contribution in [0.4, 0.5) is 0 Å². The molecule has 0 radical (unpaired) electrons. The van der Waals surface area contributed by atoms with Gasteiger partial charge < -0.3 is 9.84 Å². The fourth-order valence-electron chi connectivity index (χ4n) is 2.69. The summed E-state index contributed by atoms with van der Waals surface area (Å²) in [7, 11) is 3.38. The third-order valence-corrected chi connectivity index (χ3v) is 3.56. The SMILES string of the molecule is COC(=O)C1=C(O)C[C@H]2CCC[C@@H]1N2C. The van der Waals surface area contributed by atoms with E-state index >= 15 is 0 Å². The highest BCUT2D eigenvalue weighted by atomic mass is 16.5. The molecular formula is C11H17NO3. The molecule has 2 bridgehead atoms. The highest BCUT2D eigenvalue weighted by molar-refractivity contribution is 5.90. The van der Waals surface area contributed by atoms with Gasteiger partial charge in [0.2, 0.25) is 0 Å². The lowest BCUT2D eigenvalue weighted by Crippen LogP contribution is -2.50. The first-order valence-electron chi connectivity index (χ1n) is 5.37. The van der Waals surface area contributed by atoms with E-state index < -0.39 is 0 Å². The molecule has 15 heavy (non-hydrogen) atoms. The summed E-state index contributed by atoms with van der Waals surface area (Å²) in [5, 5.41) is 9.85. The van der Waals surface area contributed by atoms with Gasteiger partial charge in [-0.3, -0.25) is 4.90 Å². The van der Waals surface area contributed by atoms with Gasteiger partial charge in [0, 0.05) is 18.5 Å². The summed E-state index contributed by atoms with van der Waals surface area (Å²) in [5.74, 6) is -0.153. The van der Waals surface area contributed by atoms with Crippen LogP contribution in [0.25, 0.3) is 0 Å². The molecule has 0 saturated carbocycles. The predicted molar refractivity (Wildman–Crippen MR) is 55.5 cm³/mol. The predicted octanol–water partition coefficient (Wildman–Crippen LogP) is 1.23. The Bertz CT molecular complexity index is 311. The molecule has 2 aliphatic heterocycles. The van der Waals surface area contributed by atoms with Crippen LogP contribution < -0.4 is 0 Å². The lowest BCUT2D eigenvalue weighted by atomic mass is 9.83. The average molecular weight is 211 g/mol. The maximum Gasteiger partial charge on any atom is 0.338 e. The molecule has 0 aromatic carbocycles. The Morgan fingerprint density at radius 1 is 1.53 bits per heavy atom. The number of likely N-dealkylation sites (N-methyl/N-ethyl adjacent to an activating group) is 1. The van der Waals surface area contributed by atoms with Gasteiger partial charge in [-0.15, -0.1) is 0 Å². The van der Waals surface area contributed by atoms with Crippen LogP contribution in [0.1, 0.15) is 25.7 Å². The van der Waals surface area contributed by atoms with E-state index in [0.717, 1.165) is 19.3 Å². The molecule has 2 rings (SSSR count). The van der Waals surface area contributed by atoms with Crippen molar-refractivity contribution in [1.29, 1.82) is 0 Å². The number of carbonyl (C=O) groups excluding carboxylic acids is 1. The van der Waals surface area contributed by atoms with E-state index in [0.29, 0.717) is 18.0 Å². The molecule has 1 fully saturated rings. The smallest absolute Gasteiger partial charge is 0.338 e. The second-order valence-corrected chi connectivity index (χ2v) is 4.32. The third-order valence-electron chi connectivity index (χ3n) is 3.56. The van der Waals surface area contributed by atoms with Crippen LogP contribution >= 0.6 is 0 Å². The summed E-state index contributed by atoms with van der Waals surface area (Å²) in [6, 6.07) is 0.433.